The van der Waals surface area contributed by atoms with Gasteiger partial charge in [-0.2, -0.15) is 0 Å². The first kappa shape index (κ1) is 21.8. The number of aromatic nitrogens is 2. The second-order valence-electron chi connectivity index (χ2n) is 9.20. The Morgan fingerprint density at radius 2 is 1.69 bits per heavy atom. The number of hydrogen-bond donors (Lipinski definition) is 1. The molecule has 0 aliphatic carbocycles. The average Bonchev–Trinajstić information content (AvgIpc) is 3.44. The number of nitrogens with one attached hydrogen (secondary N) is 1. The van der Waals surface area contributed by atoms with Gasteiger partial charge in [-0.05, 0) is 85.1 Å². The molecule has 3 heterocycles. The largest absolute Gasteiger partial charge is 0.488 e. The molecule has 0 spiro atoms. The number of aromatic amines is 1. The monoisotopic (exact) mass is 473 g/mol. The summed E-state index contributed by atoms with van der Waals surface area (Å²) in [4.78, 5) is 18.0. The van der Waals surface area contributed by atoms with Gasteiger partial charge in [-0.15, -0.1) is 0 Å². The highest BCUT2D eigenvalue weighted by molar-refractivity contribution is 5.95. The standard InChI is InChI=1S/C28H25F2N3O2/c29-20-4-6-22-19(15-20)17-35-27-16-21(30)5-7-23(27)24(22)13-18-3-8-26-25(14-18)31-28(34)33(26)12-11-32-9-1-2-10-32/h3-8,13-16H,1-2,9-12,17H2,(H,31,34). The Kier molecular flexibility index (Phi) is 5.49. The summed E-state index contributed by atoms with van der Waals surface area (Å²) in [5, 5.41) is 0. The number of likely N-dealkylation sites (tertiary alicyclic amines) is 1. The van der Waals surface area contributed by atoms with Gasteiger partial charge in [0.2, 0.25) is 0 Å². The number of halogens is 2. The van der Waals surface area contributed by atoms with Crippen LogP contribution in [0.1, 0.15) is 35.1 Å². The Morgan fingerprint density at radius 1 is 0.914 bits per heavy atom. The van der Waals surface area contributed by atoms with Crippen LogP contribution in [0.5, 0.6) is 5.75 Å². The highest BCUT2D eigenvalue weighted by Crippen LogP contribution is 2.38. The number of benzene rings is 3. The maximum Gasteiger partial charge on any atom is 0.326 e. The van der Waals surface area contributed by atoms with Gasteiger partial charge in [0.15, 0.2) is 0 Å². The molecule has 0 radical (unpaired) electrons. The zero-order chi connectivity index (χ0) is 23.9. The molecule has 3 aromatic carbocycles. The van der Waals surface area contributed by atoms with E-state index in [1.807, 2.05) is 24.3 Å². The van der Waals surface area contributed by atoms with Crippen LogP contribution in [0.3, 0.4) is 0 Å². The van der Waals surface area contributed by atoms with Gasteiger partial charge in [0, 0.05) is 30.3 Å². The minimum absolute atomic E-state index is 0.117. The smallest absolute Gasteiger partial charge is 0.326 e. The van der Waals surface area contributed by atoms with Gasteiger partial charge in [-0.25, -0.2) is 13.6 Å². The molecule has 0 amide bonds. The Balaban J connectivity index is 1.42. The molecule has 0 atom stereocenters. The van der Waals surface area contributed by atoms with Crippen molar-refractivity contribution in [3.8, 4) is 5.75 Å². The Morgan fingerprint density at radius 3 is 2.51 bits per heavy atom. The molecule has 4 aromatic rings. The molecule has 7 heteroatoms. The minimum atomic E-state index is -0.394. The lowest BCUT2D eigenvalue weighted by Crippen LogP contribution is -2.28. The van der Waals surface area contributed by atoms with E-state index in [1.54, 1.807) is 16.7 Å². The molecule has 1 aromatic heterocycles. The summed E-state index contributed by atoms with van der Waals surface area (Å²) >= 11 is 0. The van der Waals surface area contributed by atoms with Crippen molar-refractivity contribution in [3.63, 3.8) is 0 Å². The predicted molar refractivity (Wildman–Crippen MR) is 132 cm³/mol. The van der Waals surface area contributed by atoms with Crippen LogP contribution in [-0.4, -0.2) is 34.1 Å². The van der Waals surface area contributed by atoms with Crippen molar-refractivity contribution in [1.29, 1.82) is 0 Å². The van der Waals surface area contributed by atoms with E-state index in [9.17, 15) is 13.6 Å². The number of hydrogen-bond acceptors (Lipinski definition) is 3. The quantitative estimate of drug-likeness (QED) is 0.444. The molecule has 1 saturated heterocycles. The first-order valence-corrected chi connectivity index (χ1v) is 11.9. The average molecular weight is 474 g/mol. The van der Waals surface area contributed by atoms with Gasteiger partial charge in [-0.1, -0.05) is 12.1 Å². The van der Waals surface area contributed by atoms with Crippen molar-refractivity contribution >= 4 is 22.7 Å². The fourth-order valence-electron chi connectivity index (χ4n) is 5.15. The van der Waals surface area contributed by atoms with Crippen LogP contribution in [0.15, 0.2) is 59.4 Å². The van der Waals surface area contributed by atoms with Gasteiger partial charge in [0.05, 0.1) is 11.0 Å². The first-order valence-electron chi connectivity index (χ1n) is 11.9. The zero-order valence-corrected chi connectivity index (χ0v) is 19.2. The van der Waals surface area contributed by atoms with Crippen molar-refractivity contribution in [1.82, 2.24) is 14.5 Å². The molecule has 1 fully saturated rings. The number of ether oxygens (including phenoxy) is 1. The summed E-state index contributed by atoms with van der Waals surface area (Å²) in [6.07, 6.45) is 4.41. The van der Waals surface area contributed by atoms with Crippen molar-refractivity contribution in [3.05, 3.63) is 99.0 Å². The summed E-state index contributed by atoms with van der Waals surface area (Å²) in [6.45, 7) is 3.84. The van der Waals surface area contributed by atoms with Crippen LogP contribution in [-0.2, 0) is 13.2 Å². The third-order valence-electron chi connectivity index (χ3n) is 6.92. The number of nitrogens with zero attached hydrogens (tertiary/aromatic N) is 2. The Labute approximate surface area is 201 Å². The molecular weight excluding hydrogens is 448 g/mol. The number of imidazole rings is 1. The van der Waals surface area contributed by atoms with E-state index in [1.165, 1.54) is 37.1 Å². The molecule has 6 rings (SSSR count). The van der Waals surface area contributed by atoms with E-state index in [0.717, 1.165) is 52.9 Å². The maximum absolute atomic E-state index is 14.0. The highest BCUT2D eigenvalue weighted by Gasteiger charge is 2.21. The fraction of sp³-hybridized carbons (Fsp3) is 0.250. The van der Waals surface area contributed by atoms with Crippen LogP contribution in [0, 0.1) is 11.6 Å². The normalized spacial score (nSPS) is 16.8. The molecule has 0 unspecified atom stereocenters. The van der Waals surface area contributed by atoms with E-state index in [2.05, 4.69) is 9.88 Å². The summed E-state index contributed by atoms with van der Waals surface area (Å²) in [6, 6.07) is 14.9. The lowest BCUT2D eigenvalue weighted by atomic mass is 9.92. The van der Waals surface area contributed by atoms with Gasteiger partial charge in [0.1, 0.15) is 24.0 Å². The second kappa shape index (κ2) is 8.82. The lowest BCUT2D eigenvalue weighted by Gasteiger charge is -2.14. The van der Waals surface area contributed by atoms with Crippen molar-refractivity contribution in [2.24, 2.45) is 0 Å². The summed E-state index contributed by atoms with van der Waals surface area (Å²) < 4.78 is 35.6. The number of fused-ring (bicyclic) bond motifs is 3. The number of rotatable bonds is 4. The predicted octanol–water partition coefficient (Wildman–Crippen LogP) is 5.18. The molecule has 2 aliphatic heterocycles. The van der Waals surface area contributed by atoms with E-state index >= 15 is 0 Å². The molecule has 0 bridgehead atoms. The van der Waals surface area contributed by atoms with Gasteiger partial charge >= 0.3 is 5.69 Å². The van der Waals surface area contributed by atoms with Crippen LogP contribution >= 0.6 is 0 Å². The van der Waals surface area contributed by atoms with Crippen LogP contribution in [0.25, 0.3) is 22.7 Å². The van der Waals surface area contributed by atoms with Gasteiger partial charge < -0.3 is 14.6 Å². The molecular formula is C28H25F2N3O2. The van der Waals surface area contributed by atoms with Crippen LogP contribution in [0.2, 0.25) is 0 Å². The lowest BCUT2D eigenvalue weighted by molar-refractivity contribution is 0.305. The SMILES string of the molecule is O=c1[nH]c2cc(C=C3c4ccc(F)cc4COc4cc(F)ccc43)ccc2n1CCN1CCCC1. The van der Waals surface area contributed by atoms with E-state index in [-0.39, 0.29) is 18.1 Å². The molecule has 1 N–H and O–H groups in total. The molecule has 35 heavy (non-hydrogen) atoms. The first-order chi connectivity index (χ1) is 17.0. The van der Waals surface area contributed by atoms with E-state index in [4.69, 9.17) is 4.74 Å². The van der Waals surface area contributed by atoms with E-state index < -0.39 is 5.82 Å². The highest BCUT2D eigenvalue weighted by atomic mass is 19.1. The van der Waals surface area contributed by atoms with Crippen molar-refractivity contribution < 1.29 is 13.5 Å². The number of H-pyrrole nitrogens is 1. The maximum atomic E-state index is 14.0. The third-order valence-corrected chi connectivity index (χ3v) is 6.92. The van der Waals surface area contributed by atoms with Crippen molar-refractivity contribution in [2.75, 3.05) is 19.6 Å². The molecule has 178 valence electrons. The molecule has 2 aliphatic rings. The zero-order valence-electron chi connectivity index (χ0n) is 19.2. The minimum Gasteiger partial charge on any atom is -0.488 e. The molecule has 5 nitrogen and oxygen atoms in total. The van der Waals surface area contributed by atoms with Crippen LogP contribution < -0.4 is 10.4 Å². The Hall–Kier alpha value is -3.71. The summed E-state index contributed by atoms with van der Waals surface area (Å²) in [5.74, 6) is -0.331. The van der Waals surface area contributed by atoms with Crippen molar-refractivity contribution in [2.45, 2.75) is 26.0 Å². The van der Waals surface area contributed by atoms with Gasteiger partial charge in [-0.3, -0.25) is 4.57 Å². The summed E-state index contributed by atoms with van der Waals surface area (Å²) in [5.41, 5.74) is 5.43. The van der Waals surface area contributed by atoms with Crippen LogP contribution in [0.4, 0.5) is 8.78 Å². The Bertz CT molecular complexity index is 1460. The second-order valence-corrected chi connectivity index (χ2v) is 9.20. The molecule has 0 saturated carbocycles. The third kappa shape index (κ3) is 4.17. The topological polar surface area (TPSA) is 50.3 Å². The summed E-state index contributed by atoms with van der Waals surface area (Å²) in [7, 11) is 0. The van der Waals surface area contributed by atoms with Gasteiger partial charge in [0.25, 0.3) is 0 Å². The fourth-order valence-corrected chi connectivity index (χ4v) is 5.15. The van der Waals surface area contributed by atoms with E-state index in [0.29, 0.717) is 17.9 Å².